The monoisotopic (exact) mass is 326 g/mol. The third-order valence-corrected chi connectivity index (χ3v) is 5.79. The Balaban J connectivity index is 2.04. The van der Waals surface area contributed by atoms with Crippen LogP contribution in [0, 0.1) is 0 Å². The highest BCUT2D eigenvalue weighted by atomic mass is 32.1. The molecule has 0 saturated heterocycles. The lowest BCUT2D eigenvalue weighted by molar-refractivity contribution is 0.578. The second kappa shape index (κ2) is 4.83. The molecule has 2 aromatic heterocycles. The van der Waals surface area contributed by atoms with Gasteiger partial charge in [0.05, 0.1) is 0 Å². The average Bonchev–Trinajstić information content (AvgIpc) is 3.11. The van der Waals surface area contributed by atoms with Crippen LogP contribution in [-0.4, -0.2) is 0 Å². The number of thiophene rings is 1. The van der Waals surface area contributed by atoms with Crippen LogP contribution in [0.25, 0.3) is 54.6 Å². The molecule has 0 fully saturated rings. The molecule has 2 heteroatoms. The first-order chi connectivity index (χ1) is 11.8. The SMILES string of the molecule is C=C/C=c1\c(=C)oc2cc3ccc4c5ccccc5sc4c3cc12. The molecule has 2 heterocycles. The van der Waals surface area contributed by atoms with E-state index < -0.39 is 0 Å². The number of rotatable bonds is 1. The second-order valence-electron chi connectivity index (χ2n) is 5.95. The molecule has 0 unspecified atom stereocenters. The highest BCUT2D eigenvalue weighted by Crippen LogP contribution is 2.38. The predicted octanol–water partition coefficient (Wildman–Crippen LogP) is 5.33. The summed E-state index contributed by atoms with van der Waals surface area (Å²) in [5.74, 6) is 0. The molecule has 114 valence electrons. The van der Waals surface area contributed by atoms with Gasteiger partial charge < -0.3 is 4.42 Å². The molecule has 1 nitrogen and oxygen atoms in total. The molecule has 0 aliphatic carbocycles. The molecule has 0 radical (unpaired) electrons. The van der Waals surface area contributed by atoms with Gasteiger partial charge in [-0.3, -0.25) is 0 Å². The predicted molar refractivity (Wildman–Crippen MR) is 106 cm³/mol. The Morgan fingerprint density at radius 2 is 1.79 bits per heavy atom. The highest BCUT2D eigenvalue weighted by Gasteiger charge is 2.11. The summed E-state index contributed by atoms with van der Waals surface area (Å²) in [6.07, 6.45) is 3.74. The van der Waals surface area contributed by atoms with Crippen LogP contribution in [0.5, 0.6) is 0 Å². The van der Waals surface area contributed by atoms with E-state index in [1.54, 1.807) is 6.08 Å². The minimum atomic E-state index is 0.688. The van der Waals surface area contributed by atoms with Crippen molar-refractivity contribution in [1.82, 2.24) is 0 Å². The van der Waals surface area contributed by atoms with Gasteiger partial charge in [0.2, 0.25) is 0 Å². The normalized spacial score (nSPS) is 12.8. The van der Waals surface area contributed by atoms with Crippen LogP contribution >= 0.6 is 11.3 Å². The number of hydrogen-bond donors (Lipinski definition) is 0. The number of benzene rings is 3. The van der Waals surface area contributed by atoms with Gasteiger partial charge in [0.25, 0.3) is 0 Å². The minimum Gasteiger partial charge on any atom is -0.457 e. The van der Waals surface area contributed by atoms with Gasteiger partial charge in [-0.1, -0.05) is 55.6 Å². The maximum Gasteiger partial charge on any atom is 0.136 e. The molecule has 5 rings (SSSR count). The lowest BCUT2D eigenvalue weighted by Gasteiger charge is -2.00. The maximum atomic E-state index is 5.84. The summed E-state index contributed by atoms with van der Waals surface area (Å²) >= 11 is 1.85. The van der Waals surface area contributed by atoms with Crippen molar-refractivity contribution in [2.75, 3.05) is 0 Å². The van der Waals surface area contributed by atoms with E-state index in [0.29, 0.717) is 5.42 Å². The molecule has 0 aliphatic rings. The molecule has 0 bridgehead atoms. The molecular weight excluding hydrogens is 312 g/mol. The first kappa shape index (κ1) is 13.6. The van der Waals surface area contributed by atoms with Gasteiger partial charge in [-0.15, -0.1) is 11.3 Å². The molecule has 0 spiro atoms. The Kier molecular flexibility index (Phi) is 2.73. The molecule has 5 aromatic rings. The van der Waals surface area contributed by atoms with E-state index in [9.17, 15) is 0 Å². The third-order valence-electron chi connectivity index (χ3n) is 4.57. The lowest BCUT2D eigenvalue weighted by Crippen LogP contribution is -2.17. The lowest BCUT2D eigenvalue weighted by atomic mass is 10.0. The van der Waals surface area contributed by atoms with Gasteiger partial charge in [0.1, 0.15) is 11.0 Å². The number of allylic oxidation sites excluding steroid dienone is 1. The minimum absolute atomic E-state index is 0.688. The molecule has 3 aromatic carbocycles. The summed E-state index contributed by atoms with van der Waals surface area (Å²) in [5, 5.41) is 7.20. The Hall–Kier alpha value is -2.84. The summed E-state index contributed by atoms with van der Waals surface area (Å²) in [7, 11) is 0. The first-order valence-electron chi connectivity index (χ1n) is 7.84. The van der Waals surface area contributed by atoms with E-state index in [-0.39, 0.29) is 0 Å². The van der Waals surface area contributed by atoms with E-state index >= 15 is 0 Å². The Morgan fingerprint density at radius 3 is 2.67 bits per heavy atom. The zero-order valence-corrected chi connectivity index (χ0v) is 13.8. The standard InChI is InChI=1S/C22H14OS/c1-3-6-15-13(2)23-20-11-14-9-10-17-16-7-4-5-8-21(16)24-22(17)18(14)12-19(15)20/h3-12H,1-2H2/b15-6+. The Bertz CT molecular complexity index is 1380. The largest absolute Gasteiger partial charge is 0.457 e. The van der Waals surface area contributed by atoms with Crippen molar-refractivity contribution < 1.29 is 4.42 Å². The van der Waals surface area contributed by atoms with Gasteiger partial charge in [-0.2, -0.15) is 0 Å². The van der Waals surface area contributed by atoms with Crippen LogP contribution in [-0.2, 0) is 0 Å². The van der Waals surface area contributed by atoms with E-state index in [0.717, 1.165) is 16.2 Å². The van der Waals surface area contributed by atoms with Crippen LogP contribution in [0.1, 0.15) is 0 Å². The number of furan rings is 1. The maximum absolute atomic E-state index is 5.84. The van der Waals surface area contributed by atoms with Crippen molar-refractivity contribution in [1.29, 1.82) is 0 Å². The zero-order chi connectivity index (χ0) is 16.3. The van der Waals surface area contributed by atoms with Crippen molar-refractivity contribution in [3.8, 4) is 0 Å². The van der Waals surface area contributed by atoms with Gasteiger partial charge in [-0.05, 0) is 23.6 Å². The Labute approximate surface area is 142 Å². The van der Waals surface area contributed by atoms with Crippen molar-refractivity contribution >= 4 is 65.9 Å². The van der Waals surface area contributed by atoms with Gasteiger partial charge in [0, 0.05) is 36.2 Å². The number of hydrogen-bond acceptors (Lipinski definition) is 2. The van der Waals surface area contributed by atoms with Crippen molar-refractivity contribution in [2.45, 2.75) is 0 Å². The fourth-order valence-corrected chi connectivity index (χ4v) is 4.70. The molecule has 0 N–H and O–H groups in total. The number of fused-ring (bicyclic) bond motifs is 6. The Morgan fingerprint density at radius 1 is 0.917 bits per heavy atom. The molecule has 0 atom stereocenters. The van der Waals surface area contributed by atoms with Crippen molar-refractivity contribution in [3.63, 3.8) is 0 Å². The van der Waals surface area contributed by atoms with E-state index in [1.165, 1.54) is 30.9 Å². The van der Waals surface area contributed by atoms with Crippen LogP contribution < -0.4 is 10.6 Å². The first-order valence-corrected chi connectivity index (χ1v) is 8.66. The van der Waals surface area contributed by atoms with Crippen LogP contribution in [0.15, 0.2) is 65.6 Å². The third kappa shape index (κ3) is 1.75. The quantitative estimate of drug-likeness (QED) is 0.406. The van der Waals surface area contributed by atoms with Crippen LogP contribution in [0.3, 0.4) is 0 Å². The van der Waals surface area contributed by atoms with Crippen LogP contribution in [0.4, 0.5) is 0 Å². The highest BCUT2D eigenvalue weighted by molar-refractivity contribution is 7.26. The summed E-state index contributed by atoms with van der Waals surface area (Å²) in [5.41, 5.74) is 1.56. The average molecular weight is 326 g/mol. The molecule has 24 heavy (non-hydrogen) atoms. The zero-order valence-electron chi connectivity index (χ0n) is 13.0. The molecule has 0 aliphatic heterocycles. The molecule has 0 amide bonds. The molecule has 0 saturated carbocycles. The van der Waals surface area contributed by atoms with E-state index in [2.05, 4.69) is 61.7 Å². The fraction of sp³-hybridized carbons (Fsp3) is 0. The van der Waals surface area contributed by atoms with Gasteiger partial charge in [0.15, 0.2) is 0 Å². The fourth-order valence-electron chi connectivity index (χ4n) is 3.47. The topological polar surface area (TPSA) is 13.1 Å². The summed E-state index contributed by atoms with van der Waals surface area (Å²) in [6, 6.07) is 17.3. The van der Waals surface area contributed by atoms with Crippen molar-refractivity contribution in [3.05, 3.63) is 71.8 Å². The van der Waals surface area contributed by atoms with Gasteiger partial charge >= 0.3 is 0 Å². The molecular formula is C22H14OS. The summed E-state index contributed by atoms with van der Waals surface area (Å²) in [4.78, 5) is 0. The smallest absolute Gasteiger partial charge is 0.136 e. The summed E-state index contributed by atoms with van der Waals surface area (Å²) < 4.78 is 8.49. The van der Waals surface area contributed by atoms with Crippen molar-refractivity contribution in [2.24, 2.45) is 0 Å². The van der Waals surface area contributed by atoms with Gasteiger partial charge in [-0.25, -0.2) is 0 Å². The van der Waals surface area contributed by atoms with E-state index in [4.69, 9.17) is 4.42 Å². The van der Waals surface area contributed by atoms with Crippen LogP contribution in [0.2, 0.25) is 0 Å². The summed E-state index contributed by atoms with van der Waals surface area (Å²) in [6.45, 7) is 7.82. The van der Waals surface area contributed by atoms with E-state index in [1.807, 2.05) is 17.4 Å². The second-order valence-corrected chi connectivity index (χ2v) is 7.00.